The van der Waals surface area contributed by atoms with E-state index in [1.807, 2.05) is 45.3 Å². The Morgan fingerprint density at radius 1 is 1.22 bits per heavy atom. The molecule has 1 unspecified atom stereocenters. The van der Waals surface area contributed by atoms with E-state index in [0.717, 1.165) is 38.9 Å². The van der Waals surface area contributed by atoms with Crippen molar-refractivity contribution in [2.45, 2.75) is 45.6 Å². The molecule has 0 spiro atoms. The van der Waals surface area contributed by atoms with Gasteiger partial charge in [-0.15, -0.1) is 0 Å². The topological polar surface area (TPSA) is 83.6 Å². The van der Waals surface area contributed by atoms with E-state index < -0.39 is 11.7 Å². The standard InChI is InChI=1S/C20H32N4O3/c1-20(2,3)27-19(26)23-12-11-22-18(25)17-5-4-13-24(15-17)14-8-16-6-9-21-10-7-16/h6-7,9-10,17H,4-5,8,11-15H2,1-3H3,(H,22,25)(H,23,26). The minimum Gasteiger partial charge on any atom is -0.444 e. The SMILES string of the molecule is CC(C)(C)OC(=O)NCCNC(=O)C1CCCN(CCc2ccncc2)C1. The lowest BCUT2D eigenvalue weighted by atomic mass is 9.96. The second-order valence-corrected chi connectivity index (χ2v) is 7.96. The first-order valence-corrected chi connectivity index (χ1v) is 9.69. The number of nitrogens with zero attached hydrogens (tertiary/aromatic N) is 2. The molecule has 2 amide bonds. The number of carbonyl (C=O) groups excluding carboxylic acids is 2. The molecule has 2 N–H and O–H groups in total. The molecule has 2 rings (SSSR count). The molecular formula is C20H32N4O3. The number of hydrogen-bond acceptors (Lipinski definition) is 5. The van der Waals surface area contributed by atoms with E-state index in [0.29, 0.717) is 13.1 Å². The summed E-state index contributed by atoms with van der Waals surface area (Å²) in [5, 5.41) is 5.57. The van der Waals surface area contributed by atoms with Crippen LogP contribution < -0.4 is 10.6 Å². The summed E-state index contributed by atoms with van der Waals surface area (Å²) in [7, 11) is 0. The smallest absolute Gasteiger partial charge is 0.407 e. The summed E-state index contributed by atoms with van der Waals surface area (Å²) in [6.07, 6.45) is 6.08. The summed E-state index contributed by atoms with van der Waals surface area (Å²) in [6, 6.07) is 4.07. The van der Waals surface area contributed by atoms with Crippen LogP contribution >= 0.6 is 0 Å². The van der Waals surface area contributed by atoms with Gasteiger partial charge in [0.2, 0.25) is 5.91 Å². The zero-order valence-electron chi connectivity index (χ0n) is 16.7. The van der Waals surface area contributed by atoms with Crippen LogP contribution in [-0.2, 0) is 16.0 Å². The molecule has 2 heterocycles. The third kappa shape index (κ3) is 8.39. The molecule has 7 nitrogen and oxygen atoms in total. The van der Waals surface area contributed by atoms with Crippen molar-refractivity contribution < 1.29 is 14.3 Å². The Kier molecular flexibility index (Phi) is 8.03. The molecule has 1 fully saturated rings. The molecule has 0 bridgehead atoms. The van der Waals surface area contributed by atoms with Crippen LogP contribution in [0.2, 0.25) is 0 Å². The number of pyridine rings is 1. The Bertz CT molecular complexity index is 601. The molecule has 1 aliphatic heterocycles. The lowest BCUT2D eigenvalue weighted by Crippen LogP contribution is -2.45. The van der Waals surface area contributed by atoms with E-state index in [1.54, 1.807) is 0 Å². The van der Waals surface area contributed by atoms with Crippen LogP contribution in [-0.4, -0.2) is 60.2 Å². The normalized spacial score (nSPS) is 18.0. The van der Waals surface area contributed by atoms with Gasteiger partial charge >= 0.3 is 6.09 Å². The maximum atomic E-state index is 12.4. The summed E-state index contributed by atoms with van der Waals surface area (Å²) in [5.74, 6) is 0.0762. The van der Waals surface area contributed by atoms with Crippen molar-refractivity contribution in [3.8, 4) is 0 Å². The molecule has 0 radical (unpaired) electrons. The fourth-order valence-electron chi connectivity index (χ4n) is 3.12. The number of ether oxygens (including phenoxy) is 1. The van der Waals surface area contributed by atoms with Crippen molar-refractivity contribution in [2.24, 2.45) is 5.92 Å². The first-order chi connectivity index (χ1) is 12.8. The number of rotatable bonds is 7. The Balaban J connectivity index is 1.64. The van der Waals surface area contributed by atoms with Crippen molar-refractivity contribution in [1.29, 1.82) is 0 Å². The van der Waals surface area contributed by atoms with Gasteiger partial charge < -0.3 is 20.3 Å². The molecule has 150 valence electrons. The van der Waals surface area contributed by atoms with Gasteiger partial charge in [-0.3, -0.25) is 9.78 Å². The quantitative estimate of drug-likeness (QED) is 0.711. The second kappa shape index (κ2) is 10.3. The summed E-state index contributed by atoms with van der Waals surface area (Å²) < 4.78 is 5.17. The van der Waals surface area contributed by atoms with E-state index in [1.165, 1.54) is 5.56 Å². The molecule has 1 aliphatic rings. The molecule has 27 heavy (non-hydrogen) atoms. The number of nitrogens with one attached hydrogen (secondary N) is 2. The number of amides is 2. The number of piperidine rings is 1. The summed E-state index contributed by atoms with van der Waals surface area (Å²) in [5.41, 5.74) is 0.750. The Morgan fingerprint density at radius 3 is 2.63 bits per heavy atom. The number of aromatic nitrogens is 1. The van der Waals surface area contributed by atoms with E-state index in [2.05, 4.69) is 20.5 Å². The average Bonchev–Trinajstić information content (AvgIpc) is 2.63. The van der Waals surface area contributed by atoms with E-state index in [9.17, 15) is 9.59 Å². The zero-order chi connectivity index (χ0) is 19.7. The fraction of sp³-hybridized carbons (Fsp3) is 0.650. The largest absolute Gasteiger partial charge is 0.444 e. The van der Waals surface area contributed by atoms with E-state index in [4.69, 9.17) is 4.74 Å². The first-order valence-electron chi connectivity index (χ1n) is 9.69. The predicted octanol–water partition coefficient (Wildman–Crippen LogP) is 1.98. The number of likely N-dealkylation sites (tertiary alicyclic amines) is 1. The minimum atomic E-state index is -0.519. The van der Waals surface area contributed by atoms with Crippen LogP contribution in [0.3, 0.4) is 0 Å². The summed E-state index contributed by atoms with van der Waals surface area (Å²) in [6.45, 7) is 9.00. The predicted molar refractivity (Wildman–Crippen MR) is 104 cm³/mol. The summed E-state index contributed by atoms with van der Waals surface area (Å²) in [4.78, 5) is 30.4. The van der Waals surface area contributed by atoms with Crippen molar-refractivity contribution in [1.82, 2.24) is 20.5 Å². The molecule has 0 saturated carbocycles. The Labute approximate surface area is 161 Å². The van der Waals surface area contributed by atoms with Crippen LogP contribution in [0, 0.1) is 5.92 Å². The highest BCUT2D eigenvalue weighted by Gasteiger charge is 2.25. The average molecular weight is 377 g/mol. The van der Waals surface area contributed by atoms with Gasteiger partial charge in [0, 0.05) is 38.6 Å². The summed E-state index contributed by atoms with van der Waals surface area (Å²) >= 11 is 0. The highest BCUT2D eigenvalue weighted by molar-refractivity contribution is 5.79. The first kappa shape index (κ1) is 21.2. The number of hydrogen-bond donors (Lipinski definition) is 2. The van der Waals surface area contributed by atoms with Crippen LogP contribution in [0.25, 0.3) is 0 Å². The third-order valence-corrected chi connectivity index (χ3v) is 4.43. The van der Waals surface area contributed by atoms with E-state index in [-0.39, 0.29) is 11.8 Å². The number of carbonyl (C=O) groups is 2. The van der Waals surface area contributed by atoms with E-state index >= 15 is 0 Å². The van der Waals surface area contributed by atoms with Gasteiger partial charge in [0.1, 0.15) is 5.60 Å². The second-order valence-electron chi connectivity index (χ2n) is 7.96. The van der Waals surface area contributed by atoms with Gasteiger partial charge in [-0.2, -0.15) is 0 Å². The van der Waals surface area contributed by atoms with Crippen LogP contribution in [0.5, 0.6) is 0 Å². The Hall–Kier alpha value is -2.15. The number of alkyl carbamates (subject to hydrolysis) is 1. The van der Waals surface area contributed by atoms with Crippen LogP contribution in [0.4, 0.5) is 4.79 Å². The van der Waals surface area contributed by atoms with Crippen molar-refractivity contribution in [3.05, 3.63) is 30.1 Å². The molecule has 1 aromatic rings. The molecule has 0 aromatic carbocycles. The van der Waals surface area contributed by atoms with Crippen molar-refractivity contribution in [3.63, 3.8) is 0 Å². The highest BCUT2D eigenvalue weighted by Crippen LogP contribution is 2.17. The lowest BCUT2D eigenvalue weighted by molar-refractivity contribution is -0.126. The van der Waals surface area contributed by atoms with Crippen molar-refractivity contribution >= 4 is 12.0 Å². The van der Waals surface area contributed by atoms with Crippen LogP contribution in [0.1, 0.15) is 39.2 Å². The monoisotopic (exact) mass is 376 g/mol. The molecular weight excluding hydrogens is 344 g/mol. The molecule has 1 saturated heterocycles. The lowest BCUT2D eigenvalue weighted by Gasteiger charge is -2.32. The maximum absolute atomic E-state index is 12.4. The van der Waals surface area contributed by atoms with Gasteiger partial charge in [-0.25, -0.2) is 4.79 Å². The van der Waals surface area contributed by atoms with Crippen LogP contribution in [0.15, 0.2) is 24.5 Å². The Morgan fingerprint density at radius 2 is 1.93 bits per heavy atom. The third-order valence-electron chi connectivity index (χ3n) is 4.43. The van der Waals surface area contributed by atoms with Gasteiger partial charge in [-0.1, -0.05) is 0 Å². The molecule has 1 aromatic heterocycles. The van der Waals surface area contributed by atoms with Gasteiger partial charge in [-0.05, 0) is 64.3 Å². The maximum Gasteiger partial charge on any atom is 0.407 e. The minimum absolute atomic E-state index is 0.0118. The molecule has 7 heteroatoms. The van der Waals surface area contributed by atoms with Gasteiger partial charge in [0.15, 0.2) is 0 Å². The fourth-order valence-corrected chi connectivity index (χ4v) is 3.12. The highest BCUT2D eigenvalue weighted by atomic mass is 16.6. The van der Waals surface area contributed by atoms with Gasteiger partial charge in [0.25, 0.3) is 0 Å². The van der Waals surface area contributed by atoms with Crippen molar-refractivity contribution in [2.75, 3.05) is 32.7 Å². The zero-order valence-corrected chi connectivity index (χ0v) is 16.7. The van der Waals surface area contributed by atoms with Gasteiger partial charge in [0.05, 0.1) is 5.92 Å². The molecule has 0 aliphatic carbocycles. The molecule has 1 atom stereocenters.